The zero-order valence-corrected chi connectivity index (χ0v) is 12.9. The molecule has 0 saturated heterocycles. The molecule has 0 unspecified atom stereocenters. The monoisotopic (exact) mass is 321 g/mol. The Morgan fingerprint density at radius 3 is 2.59 bits per heavy atom. The standard InChI is InChI=1S/C14H15N3O4S/c1-11-5-3-7-13(17(18)19)14(11)22(20,21)16(2)10-12-6-4-8-15-9-12/h3-9H,10H2,1-2H3. The lowest BCUT2D eigenvalue weighted by molar-refractivity contribution is -0.387. The number of nitro benzene ring substituents is 1. The molecule has 0 N–H and O–H groups in total. The summed E-state index contributed by atoms with van der Waals surface area (Å²) in [5.74, 6) is 0. The molecule has 2 rings (SSSR count). The first-order chi connectivity index (χ1) is 10.3. The van der Waals surface area contributed by atoms with Crippen molar-refractivity contribution in [1.82, 2.24) is 9.29 Å². The molecule has 0 aliphatic carbocycles. The number of nitro groups is 1. The number of aromatic nitrogens is 1. The SMILES string of the molecule is Cc1cccc([N+](=O)[O-])c1S(=O)(=O)N(C)Cc1cccnc1. The minimum Gasteiger partial charge on any atom is -0.264 e. The summed E-state index contributed by atoms with van der Waals surface area (Å²) < 4.78 is 26.5. The fourth-order valence-corrected chi connectivity index (χ4v) is 3.62. The smallest absolute Gasteiger partial charge is 0.264 e. The molecule has 0 radical (unpaired) electrons. The summed E-state index contributed by atoms with van der Waals surface area (Å²) in [6.07, 6.45) is 3.14. The molecule has 0 aliphatic heterocycles. The average Bonchev–Trinajstić information content (AvgIpc) is 2.47. The Morgan fingerprint density at radius 2 is 2.00 bits per heavy atom. The Morgan fingerprint density at radius 1 is 1.27 bits per heavy atom. The van der Waals surface area contributed by atoms with Gasteiger partial charge in [-0.1, -0.05) is 18.2 Å². The molecule has 7 nitrogen and oxygen atoms in total. The number of pyridine rings is 1. The van der Waals surface area contributed by atoms with Crippen molar-refractivity contribution in [2.75, 3.05) is 7.05 Å². The predicted octanol–water partition coefficient (Wildman–Crippen LogP) is 2.12. The summed E-state index contributed by atoms with van der Waals surface area (Å²) in [5, 5.41) is 11.1. The van der Waals surface area contributed by atoms with E-state index in [1.807, 2.05) is 0 Å². The number of aryl methyl sites for hydroxylation is 1. The van der Waals surface area contributed by atoms with Gasteiger partial charge in [0.2, 0.25) is 10.0 Å². The van der Waals surface area contributed by atoms with Crippen LogP contribution in [0.5, 0.6) is 0 Å². The lowest BCUT2D eigenvalue weighted by Gasteiger charge is -2.18. The van der Waals surface area contributed by atoms with E-state index in [9.17, 15) is 18.5 Å². The largest absolute Gasteiger partial charge is 0.289 e. The Hall–Kier alpha value is -2.32. The van der Waals surface area contributed by atoms with E-state index in [1.165, 1.54) is 32.2 Å². The Labute approximate surface area is 128 Å². The van der Waals surface area contributed by atoms with Gasteiger partial charge in [-0.15, -0.1) is 0 Å². The van der Waals surface area contributed by atoms with Crippen LogP contribution in [0, 0.1) is 17.0 Å². The molecule has 0 spiro atoms. The molecule has 1 aromatic carbocycles. The van der Waals surface area contributed by atoms with Crippen molar-refractivity contribution in [3.05, 3.63) is 64.0 Å². The van der Waals surface area contributed by atoms with Crippen LogP contribution >= 0.6 is 0 Å². The first-order valence-corrected chi connectivity index (χ1v) is 7.87. The summed E-state index contributed by atoms with van der Waals surface area (Å²) in [5.41, 5.74) is 0.620. The van der Waals surface area contributed by atoms with E-state index < -0.39 is 20.6 Å². The van der Waals surface area contributed by atoms with Gasteiger partial charge < -0.3 is 0 Å². The fourth-order valence-electron chi connectivity index (χ4n) is 2.11. The van der Waals surface area contributed by atoms with Gasteiger partial charge in [0.1, 0.15) is 0 Å². The highest BCUT2D eigenvalue weighted by molar-refractivity contribution is 7.89. The van der Waals surface area contributed by atoms with Crippen molar-refractivity contribution in [2.45, 2.75) is 18.4 Å². The van der Waals surface area contributed by atoms with Crippen LogP contribution in [0.2, 0.25) is 0 Å². The fraction of sp³-hybridized carbons (Fsp3) is 0.214. The molecule has 2 aromatic rings. The molecule has 22 heavy (non-hydrogen) atoms. The van der Waals surface area contributed by atoms with Crippen LogP contribution in [0.15, 0.2) is 47.6 Å². The van der Waals surface area contributed by atoms with E-state index in [0.717, 1.165) is 4.31 Å². The van der Waals surface area contributed by atoms with E-state index in [2.05, 4.69) is 4.98 Å². The maximum Gasteiger partial charge on any atom is 0.289 e. The van der Waals surface area contributed by atoms with Crippen LogP contribution in [0.1, 0.15) is 11.1 Å². The molecule has 0 fully saturated rings. The summed E-state index contributed by atoms with van der Waals surface area (Å²) in [4.78, 5) is 14.1. The first kappa shape index (κ1) is 16.1. The minimum atomic E-state index is -3.98. The maximum atomic E-state index is 12.7. The molecular weight excluding hydrogens is 306 g/mol. The van der Waals surface area contributed by atoms with Gasteiger partial charge in [0, 0.05) is 32.1 Å². The van der Waals surface area contributed by atoms with Crippen molar-refractivity contribution >= 4 is 15.7 Å². The summed E-state index contributed by atoms with van der Waals surface area (Å²) >= 11 is 0. The molecule has 1 aromatic heterocycles. The predicted molar refractivity (Wildman–Crippen MR) is 80.7 cm³/mol. The molecule has 8 heteroatoms. The highest BCUT2D eigenvalue weighted by Gasteiger charge is 2.31. The molecular formula is C14H15N3O4S. The third-order valence-electron chi connectivity index (χ3n) is 3.18. The van der Waals surface area contributed by atoms with Gasteiger partial charge in [-0.05, 0) is 24.1 Å². The summed E-state index contributed by atoms with van der Waals surface area (Å²) in [6.45, 7) is 1.62. The second-order valence-corrected chi connectivity index (χ2v) is 6.78. The van der Waals surface area contributed by atoms with Crippen molar-refractivity contribution in [1.29, 1.82) is 0 Å². The number of hydrogen-bond acceptors (Lipinski definition) is 5. The van der Waals surface area contributed by atoms with Crippen molar-refractivity contribution in [2.24, 2.45) is 0 Å². The number of hydrogen-bond donors (Lipinski definition) is 0. The zero-order chi connectivity index (χ0) is 16.3. The van der Waals surface area contributed by atoms with Gasteiger partial charge >= 0.3 is 0 Å². The van der Waals surface area contributed by atoms with E-state index >= 15 is 0 Å². The van der Waals surface area contributed by atoms with E-state index in [-0.39, 0.29) is 11.4 Å². The molecule has 0 aliphatic rings. The Balaban J connectivity index is 2.45. The molecule has 0 atom stereocenters. The van der Waals surface area contributed by atoms with Crippen LogP contribution in [0.25, 0.3) is 0 Å². The number of rotatable bonds is 5. The molecule has 116 valence electrons. The summed E-state index contributed by atoms with van der Waals surface area (Å²) in [6, 6.07) is 7.64. The minimum absolute atomic E-state index is 0.0850. The van der Waals surface area contributed by atoms with Crippen LogP contribution in [-0.4, -0.2) is 29.7 Å². The van der Waals surface area contributed by atoms with Crippen molar-refractivity contribution < 1.29 is 13.3 Å². The number of benzene rings is 1. The van der Waals surface area contributed by atoms with Gasteiger partial charge in [-0.2, -0.15) is 4.31 Å². The van der Waals surface area contributed by atoms with Gasteiger partial charge in [0.05, 0.1) is 4.92 Å². The number of nitrogens with zero attached hydrogens (tertiary/aromatic N) is 3. The second-order valence-electron chi connectivity index (χ2n) is 4.80. The van der Waals surface area contributed by atoms with Crippen molar-refractivity contribution in [3.8, 4) is 0 Å². The van der Waals surface area contributed by atoms with Crippen LogP contribution < -0.4 is 0 Å². The molecule has 0 saturated carbocycles. The van der Waals surface area contributed by atoms with E-state index in [1.54, 1.807) is 24.5 Å². The average molecular weight is 321 g/mol. The highest BCUT2D eigenvalue weighted by atomic mass is 32.2. The molecule has 1 heterocycles. The lowest BCUT2D eigenvalue weighted by atomic mass is 10.2. The van der Waals surface area contributed by atoms with Gasteiger partial charge in [-0.25, -0.2) is 8.42 Å². The lowest BCUT2D eigenvalue weighted by Crippen LogP contribution is -2.27. The number of sulfonamides is 1. The normalized spacial score (nSPS) is 11.6. The van der Waals surface area contributed by atoms with E-state index in [4.69, 9.17) is 0 Å². The van der Waals surface area contributed by atoms with Gasteiger partial charge in [-0.3, -0.25) is 15.1 Å². The van der Waals surface area contributed by atoms with Crippen LogP contribution in [-0.2, 0) is 16.6 Å². The maximum absolute atomic E-state index is 12.7. The second kappa shape index (κ2) is 6.20. The quantitative estimate of drug-likeness (QED) is 0.621. The third-order valence-corrected chi connectivity index (χ3v) is 5.18. The third kappa shape index (κ3) is 3.12. The van der Waals surface area contributed by atoms with Gasteiger partial charge in [0.25, 0.3) is 5.69 Å². The van der Waals surface area contributed by atoms with Crippen molar-refractivity contribution in [3.63, 3.8) is 0 Å². The summed E-state index contributed by atoms with van der Waals surface area (Å²) in [7, 11) is -2.59. The highest BCUT2D eigenvalue weighted by Crippen LogP contribution is 2.29. The van der Waals surface area contributed by atoms with Gasteiger partial charge in [0.15, 0.2) is 4.90 Å². The van der Waals surface area contributed by atoms with Crippen LogP contribution in [0.3, 0.4) is 0 Å². The first-order valence-electron chi connectivity index (χ1n) is 6.43. The zero-order valence-electron chi connectivity index (χ0n) is 12.1. The Bertz CT molecular complexity index is 791. The Kier molecular flexibility index (Phi) is 4.53. The van der Waals surface area contributed by atoms with Crippen LogP contribution in [0.4, 0.5) is 5.69 Å². The molecule has 0 amide bonds. The molecule has 0 bridgehead atoms. The topological polar surface area (TPSA) is 93.4 Å². The van der Waals surface area contributed by atoms with E-state index in [0.29, 0.717) is 11.1 Å².